The van der Waals surface area contributed by atoms with Gasteiger partial charge < -0.3 is 5.32 Å². The highest BCUT2D eigenvalue weighted by Gasteiger charge is 2.24. The Labute approximate surface area is 94.9 Å². The second-order valence-electron chi connectivity index (χ2n) is 3.19. The zero-order chi connectivity index (χ0) is 10.3. The molecule has 0 fully saturated rings. The van der Waals surface area contributed by atoms with Crippen LogP contribution >= 0.6 is 22.7 Å². The van der Waals surface area contributed by atoms with Crippen LogP contribution in [0.1, 0.15) is 10.4 Å². The molecular weight excluding hydrogens is 226 g/mol. The van der Waals surface area contributed by atoms with Gasteiger partial charge in [-0.05, 0) is 29.0 Å². The number of nitrogens with one attached hydrogen (secondary N) is 1. The third-order valence-corrected chi connectivity index (χ3v) is 3.91. The molecule has 0 radical (unpaired) electrons. The van der Waals surface area contributed by atoms with Crippen molar-refractivity contribution in [1.29, 1.82) is 0 Å². The second kappa shape index (κ2) is 3.32. The van der Waals surface area contributed by atoms with E-state index >= 15 is 0 Å². The molecule has 2 aromatic rings. The molecule has 0 unspecified atom stereocenters. The summed E-state index contributed by atoms with van der Waals surface area (Å²) in [6.07, 6.45) is 1.94. The van der Waals surface area contributed by atoms with Gasteiger partial charge in [-0.1, -0.05) is 6.07 Å². The molecule has 0 bridgehead atoms. The van der Waals surface area contributed by atoms with E-state index in [-0.39, 0.29) is 5.91 Å². The highest BCUT2D eigenvalue weighted by molar-refractivity contribution is 7.15. The molecule has 0 aliphatic carbocycles. The van der Waals surface area contributed by atoms with Crippen molar-refractivity contribution in [2.24, 2.45) is 0 Å². The van der Waals surface area contributed by atoms with E-state index in [9.17, 15) is 4.79 Å². The fraction of sp³-hybridized carbons (Fsp3) is 0. The second-order valence-corrected chi connectivity index (χ2v) is 5.09. The molecular formula is C11H7NOS2. The standard InChI is InChI=1S/C11H7NOS2/c13-10-9(6-7-2-1-4-14-7)8-3-5-15-11(8)12-10/h1-6H,(H,12,13). The van der Waals surface area contributed by atoms with Crippen molar-refractivity contribution in [3.8, 4) is 0 Å². The van der Waals surface area contributed by atoms with E-state index in [1.54, 1.807) is 22.7 Å². The zero-order valence-electron chi connectivity index (χ0n) is 7.69. The normalized spacial score (nSPS) is 16.8. The summed E-state index contributed by atoms with van der Waals surface area (Å²) in [5.74, 6) is 0.00486. The topological polar surface area (TPSA) is 29.1 Å². The first-order valence-corrected chi connectivity index (χ1v) is 6.25. The van der Waals surface area contributed by atoms with Crippen LogP contribution in [0.25, 0.3) is 11.6 Å². The minimum atomic E-state index is 0.00486. The zero-order valence-corrected chi connectivity index (χ0v) is 9.32. The summed E-state index contributed by atoms with van der Waals surface area (Å²) >= 11 is 3.20. The number of hydrogen-bond acceptors (Lipinski definition) is 3. The summed E-state index contributed by atoms with van der Waals surface area (Å²) in [5, 5.41) is 7.82. The van der Waals surface area contributed by atoms with Gasteiger partial charge in [0.25, 0.3) is 5.91 Å². The Kier molecular flexibility index (Phi) is 1.97. The average molecular weight is 233 g/mol. The smallest absolute Gasteiger partial charge is 0.257 e. The lowest BCUT2D eigenvalue weighted by Crippen LogP contribution is -2.03. The molecule has 0 aromatic carbocycles. The van der Waals surface area contributed by atoms with E-state index in [1.165, 1.54) is 0 Å². The summed E-state index contributed by atoms with van der Waals surface area (Å²) in [5.41, 5.74) is 1.80. The lowest BCUT2D eigenvalue weighted by Gasteiger charge is -1.92. The molecule has 4 heteroatoms. The highest BCUT2D eigenvalue weighted by atomic mass is 32.1. The number of fused-ring (bicyclic) bond motifs is 1. The maximum atomic E-state index is 11.7. The van der Waals surface area contributed by atoms with Gasteiger partial charge in [0.15, 0.2) is 0 Å². The lowest BCUT2D eigenvalue weighted by atomic mass is 10.1. The molecule has 15 heavy (non-hydrogen) atoms. The maximum absolute atomic E-state index is 11.7. The monoisotopic (exact) mass is 233 g/mol. The van der Waals surface area contributed by atoms with Crippen molar-refractivity contribution in [3.63, 3.8) is 0 Å². The molecule has 1 aliphatic rings. The van der Waals surface area contributed by atoms with Crippen LogP contribution in [0.2, 0.25) is 0 Å². The molecule has 1 amide bonds. The Bertz CT molecular complexity index is 537. The van der Waals surface area contributed by atoms with Crippen LogP contribution < -0.4 is 5.32 Å². The van der Waals surface area contributed by atoms with Crippen molar-refractivity contribution in [1.82, 2.24) is 0 Å². The molecule has 0 saturated carbocycles. The minimum Gasteiger partial charge on any atom is -0.313 e. The number of rotatable bonds is 1. The molecule has 2 aromatic heterocycles. The summed E-state index contributed by atoms with van der Waals surface area (Å²) in [4.78, 5) is 12.8. The Morgan fingerprint density at radius 2 is 2.13 bits per heavy atom. The highest BCUT2D eigenvalue weighted by Crippen LogP contribution is 2.37. The van der Waals surface area contributed by atoms with Crippen molar-refractivity contribution < 1.29 is 4.79 Å². The molecule has 1 aliphatic heterocycles. The maximum Gasteiger partial charge on any atom is 0.257 e. The van der Waals surface area contributed by atoms with Crippen molar-refractivity contribution in [3.05, 3.63) is 39.4 Å². The number of anilines is 1. The predicted molar refractivity (Wildman–Crippen MR) is 65.1 cm³/mol. The van der Waals surface area contributed by atoms with Crippen LogP contribution in [-0.2, 0) is 4.79 Å². The fourth-order valence-electron chi connectivity index (χ4n) is 1.57. The Morgan fingerprint density at radius 3 is 2.93 bits per heavy atom. The SMILES string of the molecule is O=C1Nc2sccc2C1=Cc1cccs1. The summed E-state index contributed by atoms with van der Waals surface area (Å²) in [7, 11) is 0. The molecule has 1 N–H and O–H groups in total. The van der Waals surface area contributed by atoms with E-state index in [4.69, 9.17) is 0 Å². The van der Waals surface area contributed by atoms with Gasteiger partial charge in [-0.15, -0.1) is 22.7 Å². The van der Waals surface area contributed by atoms with Gasteiger partial charge in [0.05, 0.1) is 5.57 Å². The first-order valence-electron chi connectivity index (χ1n) is 4.49. The summed E-state index contributed by atoms with van der Waals surface area (Å²) < 4.78 is 0. The Morgan fingerprint density at radius 1 is 1.20 bits per heavy atom. The van der Waals surface area contributed by atoms with Crippen LogP contribution in [0.4, 0.5) is 5.00 Å². The number of carbonyl (C=O) groups excluding carboxylic acids is 1. The van der Waals surface area contributed by atoms with E-state index in [0.717, 1.165) is 21.0 Å². The lowest BCUT2D eigenvalue weighted by molar-refractivity contribution is -0.110. The van der Waals surface area contributed by atoms with Crippen molar-refractivity contribution >= 4 is 45.2 Å². The molecule has 3 heterocycles. The van der Waals surface area contributed by atoms with E-state index in [2.05, 4.69) is 5.32 Å². The number of amides is 1. The molecule has 0 spiro atoms. The average Bonchev–Trinajstić information content (AvgIpc) is 2.86. The third kappa shape index (κ3) is 1.42. The van der Waals surface area contributed by atoms with Crippen LogP contribution in [0, 0.1) is 0 Å². The fourth-order valence-corrected chi connectivity index (χ4v) is 3.02. The predicted octanol–water partition coefficient (Wildman–Crippen LogP) is 3.30. The Balaban J connectivity index is 2.10. The van der Waals surface area contributed by atoms with Crippen LogP contribution in [0.15, 0.2) is 29.0 Å². The van der Waals surface area contributed by atoms with E-state index in [1.807, 2.05) is 35.0 Å². The minimum absolute atomic E-state index is 0.00486. The van der Waals surface area contributed by atoms with Gasteiger partial charge in [0.1, 0.15) is 5.00 Å². The van der Waals surface area contributed by atoms with Gasteiger partial charge in [0.2, 0.25) is 0 Å². The van der Waals surface area contributed by atoms with Gasteiger partial charge in [0, 0.05) is 10.4 Å². The van der Waals surface area contributed by atoms with Gasteiger partial charge in [-0.3, -0.25) is 4.79 Å². The van der Waals surface area contributed by atoms with Crippen LogP contribution in [0.5, 0.6) is 0 Å². The summed E-state index contributed by atoms with van der Waals surface area (Å²) in [6.45, 7) is 0. The van der Waals surface area contributed by atoms with Crippen LogP contribution in [-0.4, -0.2) is 5.91 Å². The first kappa shape index (κ1) is 8.88. The number of hydrogen-bond donors (Lipinski definition) is 1. The molecule has 2 nitrogen and oxygen atoms in total. The van der Waals surface area contributed by atoms with Crippen LogP contribution in [0.3, 0.4) is 0 Å². The number of carbonyl (C=O) groups is 1. The Hall–Kier alpha value is -1.39. The molecule has 0 saturated heterocycles. The largest absolute Gasteiger partial charge is 0.313 e. The molecule has 0 atom stereocenters. The number of thiophene rings is 2. The van der Waals surface area contributed by atoms with E-state index < -0.39 is 0 Å². The van der Waals surface area contributed by atoms with Gasteiger partial charge in [-0.25, -0.2) is 0 Å². The molecule has 74 valence electrons. The van der Waals surface area contributed by atoms with Gasteiger partial charge in [-0.2, -0.15) is 0 Å². The molecule has 3 rings (SSSR count). The first-order chi connectivity index (χ1) is 7.34. The summed E-state index contributed by atoms with van der Waals surface area (Å²) in [6, 6.07) is 5.98. The van der Waals surface area contributed by atoms with Crippen molar-refractivity contribution in [2.75, 3.05) is 5.32 Å². The van der Waals surface area contributed by atoms with Gasteiger partial charge >= 0.3 is 0 Å². The van der Waals surface area contributed by atoms with E-state index in [0.29, 0.717) is 0 Å². The quantitative estimate of drug-likeness (QED) is 0.752. The third-order valence-electron chi connectivity index (χ3n) is 2.26. The van der Waals surface area contributed by atoms with Crippen molar-refractivity contribution in [2.45, 2.75) is 0 Å².